The third-order valence-electron chi connectivity index (χ3n) is 4.90. The minimum Gasteiger partial charge on any atom is -0.475 e. The number of amides is 1. The van der Waals surface area contributed by atoms with Crippen LogP contribution in [-0.2, 0) is 4.79 Å². The van der Waals surface area contributed by atoms with Gasteiger partial charge in [0.1, 0.15) is 0 Å². The van der Waals surface area contributed by atoms with E-state index in [9.17, 15) is 18.0 Å². The number of carboxylic acids is 1. The van der Waals surface area contributed by atoms with E-state index in [-0.39, 0.29) is 5.91 Å². The molecule has 0 aromatic carbocycles. The highest BCUT2D eigenvalue weighted by Crippen LogP contribution is 2.31. The molecule has 0 atom stereocenters. The number of halogens is 3. The number of nitrogens with one attached hydrogen (secondary N) is 2. The van der Waals surface area contributed by atoms with Crippen molar-refractivity contribution in [3.8, 4) is 0 Å². The van der Waals surface area contributed by atoms with Crippen molar-refractivity contribution in [1.29, 1.82) is 0 Å². The number of aromatic nitrogens is 2. The Morgan fingerprint density at radius 1 is 1.17 bits per heavy atom. The number of carbonyl (C=O) groups is 2. The van der Waals surface area contributed by atoms with Gasteiger partial charge in [-0.25, -0.2) is 14.8 Å². The van der Waals surface area contributed by atoms with Crippen LogP contribution in [0.15, 0.2) is 23.5 Å². The van der Waals surface area contributed by atoms with Crippen LogP contribution < -0.4 is 15.5 Å². The maximum atomic E-state index is 12.0. The Kier molecular flexibility index (Phi) is 6.36. The summed E-state index contributed by atoms with van der Waals surface area (Å²) < 4.78 is 31.7. The van der Waals surface area contributed by atoms with Crippen molar-refractivity contribution in [2.75, 3.05) is 37.6 Å². The quantitative estimate of drug-likeness (QED) is 0.626. The van der Waals surface area contributed by atoms with E-state index in [1.165, 1.54) is 24.0 Å². The fourth-order valence-electron chi connectivity index (χ4n) is 3.11. The normalized spacial score (nSPS) is 18.2. The highest BCUT2D eigenvalue weighted by Gasteiger charge is 2.38. The molecule has 1 amide bonds. The topological polar surface area (TPSA) is 107 Å². The number of alkyl halides is 3. The molecule has 29 heavy (non-hydrogen) atoms. The first-order chi connectivity index (χ1) is 13.7. The van der Waals surface area contributed by atoms with Gasteiger partial charge >= 0.3 is 12.1 Å². The van der Waals surface area contributed by atoms with Crippen molar-refractivity contribution in [2.45, 2.75) is 25.4 Å². The predicted octanol–water partition coefficient (Wildman–Crippen LogP) is 1.36. The first-order valence-electron chi connectivity index (χ1n) is 9.30. The van der Waals surface area contributed by atoms with Gasteiger partial charge in [-0.2, -0.15) is 13.2 Å². The third-order valence-corrected chi connectivity index (χ3v) is 4.90. The van der Waals surface area contributed by atoms with Gasteiger partial charge in [-0.05, 0) is 23.5 Å². The molecule has 2 aliphatic heterocycles. The van der Waals surface area contributed by atoms with Crippen molar-refractivity contribution in [3.05, 3.63) is 29.1 Å². The molecule has 11 heteroatoms. The van der Waals surface area contributed by atoms with Gasteiger partial charge in [-0.3, -0.25) is 4.79 Å². The number of hydrogen-bond donors (Lipinski definition) is 3. The highest BCUT2D eigenvalue weighted by molar-refractivity contribution is 5.93. The van der Waals surface area contributed by atoms with Crippen LogP contribution in [0.3, 0.4) is 0 Å². The molecule has 0 bridgehead atoms. The van der Waals surface area contributed by atoms with E-state index in [1.807, 2.05) is 0 Å². The van der Waals surface area contributed by atoms with Gasteiger partial charge in [0.25, 0.3) is 5.91 Å². The van der Waals surface area contributed by atoms with Crippen LogP contribution >= 0.6 is 0 Å². The lowest BCUT2D eigenvalue weighted by atomic mass is 10.2. The summed E-state index contributed by atoms with van der Waals surface area (Å²) in [6, 6.07) is 0. The highest BCUT2D eigenvalue weighted by atomic mass is 19.4. The molecule has 0 spiro atoms. The second kappa shape index (κ2) is 8.76. The smallest absolute Gasteiger partial charge is 0.475 e. The lowest BCUT2D eigenvalue weighted by molar-refractivity contribution is -0.192. The average Bonchev–Trinajstić information content (AvgIpc) is 3.23. The molecule has 3 N–H and O–H groups in total. The zero-order valence-corrected chi connectivity index (χ0v) is 15.6. The number of carbonyl (C=O) groups excluding carboxylic acids is 1. The summed E-state index contributed by atoms with van der Waals surface area (Å²) >= 11 is 0. The van der Waals surface area contributed by atoms with Crippen molar-refractivity contribution in [3.63, 3.8) is 0 Å². The SMILES string of the molecule is O=C(NCCC1CC1)c1cnc(N2CC3=C(CNC3)C2)nc1.O=C(O)C(F)(F)F. The summed E-state index contributed by atoms with van der Waals surface area (Å²) in [6.45, 7) is 4.51. The van der Waals surface area contributed by atoms with Gasteiger partial charge in [0.2, 0.25) is 5.95 Å². The fraction of sp³-hybridized carbons (Fsp3) is 0.556. The summed E-state index contributed by atoms with van der Waals surface area (Å²) in [6.07, 6.45) is 1.91. The first-order valence-corrected chi connectivity index (χ1v) is 9.30. The lowest BCUT2D eigenvalue weighted by Crippen LogP contribution is -2.29. The van der Waals surface area contributed by atoms with E-state index in [4.69, 9.17) is 9.90 Å². The van der Waals surface area contributed by atoms with Crippen LogP contribution in [0.2, 0.25) is 0 Å². The summed E-state index contributed by atoms with van der Waals surface area (Å²) in [7, 11) is 0. The Balaban J connectivity index is 0.000000298. The molecule has 1 saturated carbocycles. The van der Waals surface area contributed by atoms with E-state index in [2.05, 4.69) is 25.5 Å². The molecule has 1 aliphatic carbocycles. The average molecular weight is 413 g/mol. The molecule has 1 aromatic heterocycles. The second-order valence-electron chi connectivity index (χ2n) is 7.23. The summed E-state index contributed by atoms with van der Waals surface area (Å²) in [5.74, 6) is -1.28. The molecule has 0 unspecified atom stereocenters. The zero-order valence-electron chi connectivity index (χ0n) is 15.6. The number of aliphatic carboxylic acids is 1. The van der Waals surface area contributed by atoms with E-state index in [1.54, 1.807) is 12.4 Å². The monoisotopic (exact) mass is 413 g/mol. The molecular weight excluding hydrogens is 391 g/mol. The van der Waals surface area contributed by atoms with E-state index in [0.29, 0.717) is 11.5 Å². The first kappa shape index (κ1) is 21.0. The maximum Gasteiger partial charge on any atom is 0.490 e. The molecule has 3 heterocycles. The summed E-state index contributed by atoms with van der Waals surface area (Å²) in [5, 5.41) is 13.4. The number of carboxylic acid groups (broad SMARTS) is 1. The molecule has 0 radical (unpaired) electrons. The molecule has 3 aliphatic rings. The van der Waals surface area contributed by atoms with Crippen LogP contribution in [0.25, 0.3) is 0 Å². The van der Waals surface area contributed by atoms with Crippen molar-refractivity contribution < 1.29 is 27.9 Å². The number of nitrogens with zero attached hydrogens (tertiary/aromatic N) is 3. The van der Waals surface area contributed by atoms with Crippen LogP contribution in [0, 0.1) is 5.92 Å². The fourth-order valence-corrected chi connectivity index (χ4v) is 3.11. The second-order valence-corrected chi connectivity index (χ2v) is 7.23. The van der Waals surface area contributed by atoms with Crippen LogP contribution in [0.5, 0.6) is 0 Å². The Bertz CT molecular complexity index is 775. The number of hydrogen-bond acceptors (Lipinski definition) is 6. The van der Waals surface area contributed by atoms with E-state index in [0.717, 1.165) is 45.1 Å². The van der Waals surface area contributed by atoms with Gasteiger partial charge in [-0.1, -0.05) is 12.8 Å². The number of anilines is 1. The van der Waals surface area contributed by atoms with Gasteiger partial charge in [0, 0.05) is 45.1 Å². The Morgan fingerprint density at radius 3 is 2.21 bits per heavy atom. The molecule has 8 nitrogen and oxygen atoms in total. The van der Waals surface area contributed by atoms with Crippen molar-refractivity contribution in [2.24, 2.45) is 5.92 Å². The minimum absolute atomic E-state index is 0.0709. The van der Waals surface area contributed by atoms with Gasteiger partial charge < -0.3 is 20.6 Å². The van der Waals surface area contributed by atoms with Gasteiger partial charge in [0.15, 0.2) is 0 Å². The largest absolute Gasteiger partial charge is 0.490 e. The van der Waals surface area contributed by atoms with Crippen LogP contribution in [0.1, 0.15) is 29.6 Å². The Hall–Kier alpha value is -2.69. The summed E-state index contributed by atoms with van der Waals surface area (Å²) in [5.41, 5.74) is 3.47. The predicted molar refractivity (Wildman–Crippen MR) is 97.5 cm³/mol. The Morgan fingerprint density at radius 2 is 1.72 bits per heavy atom. The molecule has 158 valence electrons. The molecule has 4 rings (SSSR count). The summed E-state index contributed by atoms with van der Waals surface area (Å²) in [4.78, 5) is 31.8. The van der Waals surface area contributed by atoms with E-state index >= 15 is 0 Å². The Labute approximate surface area is 165 Å². The molecule has 1 fully saturated rings. The van der Waals surface area contributed by atoms with Crippen molar-refractivity contribution in [1.82, 2.24) is 20.6 Å². The van der Waals surface area contributed by atoms with Gasteiger partial charge in [0.05, 0.1) is 5.56 Å². The van der Waals surface area contributed by atoms with Gasteiger partial charge in [-0.15, -0.1) is 0 Å². The molecule has 1 aromatic rings. The van der Waals surface area contributed by atoms with E-state index < -0.39 is 12.1 Å². The molecular formula is C18H22F3N5O3. The zero-order chi connectivity index (χ0) is 21.0. The standard InChI is InChI=1S/C16H21N5O.C2HF3O2/c22-15(18-4-3-11-1-2-11)12-7-19-16(20-8-12)21-9-13-5-17-6-14(13)10-21;3-2(4,5)1(6)7/h7-8,11,17H,1-6,9-10H2,(H,18,22);(H,6,7). The lowest BCUT2D eigenvalue weighted by Gasteiger charge is -2.18. The van der Waals surface area contributed by atoms with Crippen LogP contribution in [0.4, 0.5) is 19.1 Å². The number of rotatable bonds is 5. The van der Waals surface area contributed by atoms with Crippen molar-refractivity contribution >= 4 is 17.8 Å². The molecule has 0 saturated heterocycles. The third kappa shape index (κ3) is 5.89. The maximum absolute atomic E-state index is 12.0. The minimum atomic E-state index is -5.08. The van der Waals surface area contributed by atoms with Crippen LogP contribution in [-0.4, -0.2) is 65.9 Å².